The SMILES string of the molecule is CCC1CC(O)Cc2ccccc21. The predicted molar refractivity (Wildman–Crippen MR) is 53.8 cm³/mol. The normalized spacial score (nSPS) is 26.9. The lowest BCUT2D eigenvalue weighted by Crippen LogP contribution is -2.22. The van der Waals surface area contributed by atoms with Crippen molar-refractivity contribution in [3.05, 3.63) is 35.4 Å². The van der Waals surface area contributed by atoms with Crippen LogP contribution in [0.4, 0.5) is 0 Å². The standard InChI is InChI=1S/C12H16O/c1-2-9-7-11(13)8-10-5-3-4-6-12(9)10/h3-6,9,11,13H,2,7-8H2,1H3. The van der Waals surface area contributed by atoms with Crippen LogP contribution >= 0.6 is 0 Å². The van der Waals surface area contributed by atoms with Gasteiger partial charge in [-0.3, -0.25) is 0 Å². The van der Waals surface area contributed by atoms with E-state index in [0.29, 0.717) is 5.92 Å². The number of benzene rings is 1. The van der Waals surface area contributed by atoms with Crippen molar-refractivity contribution < 1.29 is 5.11 Å². The maximum Gasteiger partial charge on any atom is 0.0586 e. The second-order valence-electron chi connectivity index (χ2n) is 3.90. The molecule has 0 saturated carbocycles. The molecule has 1 aliphatic carbocycles. The molecule has 2 rings (SSSR count). The van der Waals surface area contributed by atoms with Crippen LogP contribution in [0.15, 0.2) is 24.3 Å². The van der Waals surface area contributed by atoms with E-state index >= 15 is 0 Å². The zero-order chi connectivity index (χ0) is 9.26. The minimum absolute atomic E-state index is 0.125. The molecular weight excluding hydrogens is 160 g/mol. The zero-order valence-electron chi connectivity index (χ0n) is 8.03. The third-order valence-corrected chi connectivity index (χ3v) is 3.00. The summed E-state index contributed by atoms with van der Waals surface area (Å²) in [6.07, 6.45) is 2.79. The molecule has 1 N–H and O–H groups in total. The van der Waals surface area contributed by atoms with Crippen molar-refractivity contribution in [2.24, 2.45) is 0 Å². The Morgan fingerprint density at radius 1 is 1.38 bits per heavy atom. The first-order chi connectivity index (χ1) is 6.31. The summed E-state index contributed by atoms with van der Waals surface area (Å²) in [5.74, 6) is 0.569. The lowest BCUT2D eigenvalue weighted by Gasteiger charge is -2.28. The van der Waals surface area contributed by atoms with Gasteiger partial charge in [-0.15, -0.1) is 0 Å². The van der Waals surface area contributed by atoms with Crippen LogP contribution < -0.4 is 0 Å². The van der Waals surface area contributed by atoms with E-state index in [0.717, 1.165) is 19.3 Å². The molecule has 1 aromatic rings. The van der Waals surface area contributed by atoms with Gasteiger partial charge in [0.2, 0.25) is 0 Å². The molecule has 0 aliphatic heterocycles. The Morgan fingerprint density at radius 3 is 2.92 bits per heavy atom. The van der Waals surface area contributed by atoms with E-state index < -0.39 is 0 Å². The highest BCUT2D eigenvalue weighted by Gasteiger charge is 2.23. The van der Waals surface area contributed by atoms with Gasteiger partial charge in [-0.1, -0.05) is 31.2 Å². The molecule has 0 saturated heterocycles. The molecule has 1 nitrogen and oxygen atoms in total. The minimum atomic E-state index is -0.125. The number of aliphatic hydroxyl groups excluding tert-OH is 1. The molecule has 2 atom stereocenters. The van der Waals surface area contributed by atoms with Crippen molar-refractivity contribution in [1.82, 2.24) is 0 Å². The van der Waals surface area contributed by atoms with Gasteiger partial charge in [0.1, 0.15) is 0 Å². The van der Waals surface area contributed by atoms with E-state index in [1.165, 1.54) is 11.1 Å². The van der Waals surface area contributed by atoms with Crippen LogP contribution in [-0.2, 0) is 6.42 Å². The first-order valence-corrected chi connectivity index (χ1v) is 5.07. The average Bonchev–Trinajstić information content (AvgIpc) is 2.16. The number of fused-ring (bicyclic) bond motifs is 1. The minimum Gasteiger partial charge on any atom is -0.393 e. The molecule has 0 fully saturated rings. The smallest absolute Gasteiger partial charge is 0.0586 e. The summed E-state index contributed by atoms with van der Waals surface area (Å²) in [5.41, 5.74) is 2.79. The Morgan fingerprint density at radius 2 is 2.15 bits per heavy atom. The summed E-state index contributed by atoms with van der Waals surface area (Å²) in [7, 11) is 0. The van der Waals surface area contributed by atoms with E-state index in [4.69, 9.17) is 0 Å². The molecule has 0 aromatic heterocycles. The topological polar surface area (TPSA) is 20.2 Å². The van der Waals surface area contributed by atoms with Gasteiger partial charge in [-0.05, 0) is 36.3 Å². The zero-order valence-corrected chi connectivity index (χ0v) is 8.03. The fourth-order valence-electron chi connectivity index (χ4n) is 2.30. The fraction of sp³-hybridized carbons (Fsp3) is 0.500. The molecule has 0 spiro atoms. The van der Waals surface area contributed by atoms with E-state index in [1.54, 1.807) is 0 Å². The molecule has 1 aromatic carbocycles. The summed E-state index contributed by atoms with van der Waals surface area (Å²) in [6, 6.07) is 8.50. The first kappa shape index (κ1) is 8.76. The molecule has 70 valence electrons. The molecule has 2 unspecified atom stereocenters. The van der Waals surface area contributed by atoms with Crippen molar-refractivity contribution in [3.63, 3.8) is 0 Å². The van der Waals surface area contributed by atoms with Crippen molar-refractivity contribution in [2.75, 3.05) is 0 Å². The van der Waals surface area contributed by atoms with E-state index in [-0.39, 0.29) is 6.10 Å². The Bertz CT molecular complexity index is 293. The molecule has 1 heteroatoms. The summed E-state index contributed by atoms with van der Waals surface area (Å²) in [5, 5.41) is 9.66. The summed E-state index contributed by atoms with van der Waals surface area (Å²) >= 11 is 0. The molecule has 1 aliphatic rings. The van der Waals surface area contributed by atoms with Gasteiger partial charge < -0.3 is 5.11 Å². The molecule has 0 heterocycles. The number of hydrogen-bond donors (Lipinski definition) is 1. The third-order valence-electron chi connectivity index (χ3n) is 3.00. The lowest BCUT2D eigenvalue weighted by atomic mass is 9.80. The van der Waals surface area contributed by atoms with Crippen molar-refractivity contribution in [3.8, 4) is 0 Å². The van der Waals surface area contributed by atoms with Crippen LogP contribution in [0.5, 0.6) is 0 Å². The maximum atomic E-state index is 9.66. The summed E-state index contributed by atoms with van der Waals surface area (Å²) < 4.78 is 0. The number of aliphatic hydroxyl groups is 1. The van der Waals surface area contributed by atoms with Crippen LogP contribution in [0, 0.1) is 0 Å². The Kier molecular flexibility index (Phi) is 2.36. The van der Waals surface area contributed by atoms with Crippen LogP contribution in [0.25, 0.3) is 0 Å². The van der Waals surface area contributed by atoms with E-state index in [9.17, 15) is 5.11 Å². The van der Waals surface area contributed by atoms with Gasteiger partial charge in [0.15, 0.2) is 0 Å². The Balaban J connectivity index is 2.37. The molecule has 0 radical (unpaired) electrons. The highest BCUT2D eigenvalue weighted by molar-refractivity contribution is 5.33. The largest absolute Gasteiger partial charge is 0.393 e. The van der Waals surface area contributed by atoms with Gasteiger partial charge in [0.05, 0.1) is 6.10 Å². The van der Waals surface area contributed by atoms with E-state index in [1.807, 2.05) is 0 Å². The van der Waals surface area contributed by atoms with Crippen molar-refractivity contribution in [2.45, 2.75) is 38.2 Å². The monoisotopic (exact) mass is 176 g/mol. The Hall–Kier alpha value is -0.820. The molecule has 0 amide bonds. The highest BCUT2D eigenvalue weighted by atomic mass is 16.3. The molecule has 0 bridgehead atoms. The average molecular weight is 176 g/mol. The molecule has 13 heavy (non-hydrogen) atoms. The Labute approximate surface area is 79.4 Å². The second-order valence-corrected chi connectivity index (χ2v) is 3.90. The second kappa shape index (κ2) is 3.51. The van der Waals surface area contributed by atoms with E-state index in [2.05, 4.69) is 31.2 Å². The number of rotatable bonds is 1. The van der Waals surface area contributed by atoms with Crippen LogP contribution in [-0.4, -0.2) is 11.2 Å². The lowest BCUT2D eigenvalue weighted by molar-refractivity contribution is 0.145. The highest BCUT2D eigenvalue weighted by Crippen LogP contribution is 2.33. The third kappa shape index (κ3) is 1.61. The predicted octanol–water partition coefficient (Wildman–Crippen LogP) is 2.49. The number of hydrogen-bond acceptors (Lipinski definition) is 1. The van der Waals surface area contributed by atoms with Gasteiger partial charge in [-0.25, -0.2) is 0 Å². The maximum absolute atomic E-state index is 9.66. The molecular formula is C12H16O. The van der Waals surface area contributed by atoms with Crippen LogP contribution in [0.2, 0.25) is 0 Å². The fourth-order valence-corrected chi connectivity index (χ4v) is 2.30. The van der Waals surface area contributed by atoms with Crippen LogP contribution in [0.1, 0.15) is 36.8 Å². The van der Waals surface area contributed by atoms with Crippen molar-refractivity contribution in [1.29, 1.82) is 0 Å². The summed E-state index contributed by atoms with van der Waals surface area (Å²) in [4.78, 5) is 0. The van der Waals surface area contributed by atoms with Crippen molar-refractivity contribution >= 4 is 0 Å². The van der Waals surface area contributed by atoms with Gasteiger partial charge in [0, 0.05) is 0 Å². The van der Waals surface area contributed by atoms with Gasteiger partial charge >= 0.3 is 0 Å². The van der Waals surface area contributed by atoms with Crippen LogP contribution in [0.3, 0.4) is 0 Å². The first-order valence-electron chi connectivity index (χ1n) is 5.07. The van der Waals surface area contributed by atoms with Gasteiger partial charge in [0.25, 0.3) is 0 Å². The quantitative estimate of drug-likeness (QED) is 0.697. The summed E-state index contributed by atoms with van der Waals surface area (Å²) in [6.45, 7) is 2.19. The van der Waals surface area contributed by atoms with Gasteiger partial charge in [-0.2, -0.15) is 0 Å².